The van der Waals surface area contributed by atoms with Crippen molar-refractivity contribution in [1.29, 1.82) is 0 Å². The fourth-order valence-corrected chi connectivity index (χ4v) is 3.45. The Balaban J connectivity index is 2.19. The molecule has 0 fully saturated rings. The van der Waals surface area contributed by atoms with Gasteiger partial charge >= 0.3 is 0 Å². The topological polar surface area (TPSA) is 0 Å². The lowest BCUT2D eigenvalue weighted by molar-refractivity contribution is 0.627. The molecule has 0 amide bonds. The molecule has 18 heavy (non-hydrogen) atoms. The molecular formula is C15H13Br2F. The summed E-state index contributed by atoms with van der Waals surface area (Å²) in [4.78, 5) is 0.220. The maximum absolute atomic E-state index is 12.8. The van der Waals surface area contributed by atoms with Crippen LogP contribution < -0.4 is 0 Å². The second-order valence-electron chi connectivity index (χ2n) is 4.28. The van der Waals surface area contributed by atoms with Crippen molar-refractivity contribution in [3.63, 3.8) is 0 Å². The summed E-state index contributed by atoms with van der Waals surface area (Å²) < 4.78 is 14.0. The highest BCUT2D eigenvalue weighted by Crippen LogP contribution is 2.34. The molecule has 94 valence electrons. The SMILES string of the molecule is Cc1cccc(C(Br)Cc2ccc(F)cc2)c1Br. The van der Waals surface area contributed by atoms with Crippen LogP contribution in [0.4, 0.5) is 4.39 Å². The minimum atomic E-state index is -0.193. The van der Waals surface area contributed by atoms with Crippen molar-refractivity contribution >= 4 is 31.9 Å². The summed E-state index contributed by atoms with van der Waals surface area (Å²) in [5.41, 5.74) is 3.56. The van der Waals surface area contributed by atoms with Crippen LogP contribution in [0.25, 0.3) is 0 Å². The first kappa shape index (κ1) is 13.8. The number of hydrogen-bond donors (Lipinski definition) is 0. The van der Waals surface area contributed by atoms with Crippen molar-refractivity contribution in [3.05, 3.63) is 69.4 Å². The van der Waals surface area contributed by atoms with Crippen LogP contribution in [0.5, 0.6) is 0 Å². The van der Waals surface area contributed by atoms with Crippen LogP contribution in [-0.4, -0.2) is 0 Å². The van der Waals surface area contributed by atoms with E-state index in [1.165, 1.54) is 23.3 Å². The minimum Gasteiger partial charge on any atom is -0.207 e. The smallest absolute Gasteiger partial charge is 0.123 e. The maximum atomic E-state index is 12.8. The Hall–Kier alpha value is -0.670. The average Bonchev–Trinajstić information content (AvgIpc) is 2.35. The number of rotatable bonds is 3. The van der Waals surface area contributed by atoms with Crippen LogP contribution in [-0.2, 0) is 6.42 Å². The molecule has 1 atom stereocenters. The monoisotopic (exact) mass is 370 g/mol. The Morgan fingerprint density at radius 2 is 1.78 bits per heavy atom. The molecule has 0 aliphatic rings. The summed E-state index contributed by atoms with van der Waals surface area (Å²) in [6.07, 6.45) is 0.836. The molecule has 0 heterocycles. The fourth-order valence-electron chi connectivity index (χ4n) is 1.85. The molecule has 0 nitrogen and oxygen atoms in total. The summed E-state index contributed by atoms with van der Waals surface area (Å²) in [5, 5.41) is 0. The molecule has 1 unspecified atom stereocenters. The standard InChI is InChI=1S/C15H13Br2F/c1-10-3-2-4-13(15(10)17)14(16)9-11-5-7-12(18)8-6-11/h2-8,14H,9H2,1H3. The minimum absolute atomic E-state index is 0.193. The predicted molar refractivity (Wildman–Crippen MR) is 80.7 cm³/mol. The van der Waals surface area contributed by atoms with Gasteiger partial charge in [-0.05, 0) is 42.2 Å². The molecule has 0 aromatic heterocycles. The van der Waals surface area contributed by atoms with Gasteiger partial charge in [-0.25, -0.2) is 4.39 Å². The third-order valence-electron chi connectivity index (χ3n) is 2.89. The third kappa shape index (κ3) is 3.21. The first-order valence-corrected chi connectivity index (χ1v) is 7.42. The van der Waals surface area contributed by atoms with Crippen molar-refractivity contribution < 1.29 is 4.39 Å². The van der Waals surface area contributed by atoms with E-state index in [2.05, 4.69) is 50.9 Å². The van der Waals surface area contributed by atoms with Crippen LogP contribution in [0.2, 0.25) is 0 Å². The molecule has 0 spiro atoms. The summed E-state index contributed by atoms with van der Waals surface area (Å²) in [6, 6.07) is 12.9. The molecule has 0 aliphatic carbocycles. The fraction of sp³-hybridized carbons (Fsp3) is 0.200. The zero-order chi connectivity index (χ0) is 13.1. The van der Waals surface area contributed by atoms with E-state index >= 15 is 0 Å². The molecule has 0 radical (unpaired) electrons. The molecule has 2 aromatic carbocycles. The van der Waals surface area contributed by atoms with Crippen LogP contribution in [0.3, 0.4) is 0 Å². The van der Waals surface area contributed by atoms with E-state index in [9.17, 15) is 4.39 Å². The molecule has 0 bridgehead atoms. The molecule has 2 rings (SSSR count). The summed E-state index contributed by atoms with van der Waals surface area (Å²) >= 11 is 7.32. The van der Waals surface area contributed by atoms with Crippen LogP contribution >= 0.6 is 31.9 Å². The highest BCUT2D eigenvalue weighted by atomic mass is 79.9. The molecule has 2 aromatic rings. The number of alkyl halides is 1. The Bertz CT molecular complexity index is 535. The third-order valence-corrected chi connectivity index (χ3v) is 4.79. The van der Waals surface area contributed by atoms with Crippen LogP contribution in [0, 0.1) is 12.7 Å². The van der Waals surface area contributed by atoms with Crippen molar-refractivity contribution in [1.82, 2.24) is 0 Å². The molecule has 0 saturated heterocycles. The Labute approximate surface area is 123 Å². The first-order valence-electron chi connectivity index (χ1n) is 5.71. The van der Waals surface area contributed by atoms with E-state index in [4.69, 9.17) is 0 Å². The zero-order valence-electron chi connectivity index (χ0n) is 9.96. The van der Waals surface area contributed by atoms with Crippen molar-refractivity contribution in [2.24, 2.45) is 0 Å². The predicted octanol–water partition coefficient (Wildman–Crippen LogP) is 5.58. The normalized spacial score (nSPS) is 12.4. The molecule has 0 saturated carbocycles. The van der Waals surface area contributed by atoms with Gasteiger partial charge in [-0.3, -0.25) is 0 Å². The number of aryl methyl sites for hydroxylation is 1. The second kappa shape index (κ2) is 5.98. The van der Waals surface area contributed by atoms with Crippen molar-refractivity contribution in [2.75, 3.05) is 0 Å². The van der Waals surface area contributed by atoms with E-state index in [-0.39, 0.29) is 10.6 Å². The highest BCUT2D eigenvalue weighted by molar-refractivity contribution is 9.11. The Morgan fingerprint density at radius 3 is 2.44 bits per heavy atom. The van der Waals surface area contributed by atoms with Crippen molar-refractivity contribution in [2.45, 2.75) is 18.2 Å². The lowest BCUT2D eigenvalue weighted by atomic mass is 10.0. The van der Waals surface area contributed by atoms with Gasteiger partial charge in [-0.1, -0.05) is 62.2 Å². The lowest BCUT2D eigenvalue weighted by Gasteiger charge is -2.13. The molecule has 3 heteroatoms. The molecule has 0 N–H and O–H groups in total. The summed E-state index contributed by atoms with van der Waals surface area (Å²) in [5.74, 6) is -0.193. The van der Waals surface area contributed by atoms with Gasteiger partial charge in [0.1, 0.15) is 5.82 Å². The van der Waals surface area contributed by atoms with Gasteiger partial charge in [0.05, 0.1) is 0 Å². The average molecular weight is 372 g/mol. The maximum Gasteiger partial charge on any atom is 0.123 e. The quantitative estimate of drug-likeness (QED) is 0.618. The lowest BCUT2D eigenvalue weighted by Crippen LogP contribution is -1.97. The first-order chi connectivity index (χ1) is 8.58. The van der Waals surface area contributed by atoms with Crippen LogP contribution in [0.15, 0.2) is 46.9 Å². The van der Waals surface area contributed by atoms with Crippen molar-refractivity contribution in [3.8, 4) is 0 Å². The van der Waals surface area contributed by atoms with Gasteiger partial charge in [0, 0.05) is 9.30 Å². The van der Waals surface area contributed by atoms with Gasteiger partial charge in [-0.2, -0.15) is 0 Å². The Kier molecular flexibility index (Phi) is 4.57. The van der Waals surface area contributed by atoms with E-state index in [0.29, 0.717) is 0 Å². The van der Waals surface area contributed by atoms with E-state index < -0.39 is 0 Å². The number of benzene rings is 2. The van der Waals surface area contributed by atoms with Gasteiger partial charge in [-0.15, -0.1) is 0 Å². The van der Waals surface area contributed by atoms with Gasteiger partial charge < -0.3 is 0 Å². The summed E-state index contributed by atoms with van der Waals surface area (Å²) in [7, 11) is 0. The highest BCUT2D eigenvalue weighted by Gasteiger charge is 2.13. The number of hydrogen-bond acceptors (Lipinski definition) is 0. The van der Waals surface area contributed by atoms with Gasteiger partial charge in [0.25, 0.3) is 0 Å². The largest absolute Gasteiger partial charge is 0.207 e. The van der Waals surface area contributed by atoms with E-state index in [1.807, 2.05) is 18.2 Å². The Morgan fingerprint density at radius 1 is 1.11 bits per heavy atom. The zero-order valence-corrected chi connectivity index (χ0v) is 13.1. The van der Waals surface area contributed by atoms with E-state index in [0.717, 1.165) is 16.5 Å². The van der Waals surface area contributed by atoms with Crippen LogP contribution in [0.1, 0.15) is 21.5 Å². The number of halogens is 3. The van der Waals surface area contributed by atoms with E-state index in [1.54, 1.807) is 0 Å². The molecular weight excluding hydrogens is 359 g/mol. The van der Waals surface area contributed by atoms with Gasteiger partial charge in [0.2, 0.25) is 0 Å². The summed E-state index contributed by atoms with van der Waals surface area (Å²) in [6.45, 7) is 2.07. The second-order valence-corrected chi connectivity index (χ2v) is 6.17. The van der Waals surface area contributed by atoms with Gasteiger partial charge in [0.15, 0.2) is 0 Å². The molecule has 0 aliphatic heterocycles.